The molecule has 1 aliphatic heterocycles. The van der Waals surface area contributed by atoms with Gasteiger partial charge in [0.15, 0.2) is 0 Å². The summed E-state index contributed by atoms with van der Waals surface area (Å²) in [7, 11) is 13.5. The van der Waals surface area contributed by atoms with Gasteiger partial charge in [-0.05, 0) is 56.9 Å². The summed E-state index contributed by atoms with van der Waals surface area (Å²) >= 11 is -1.61. The summed E-state index contributed by atoms with van der Waals surface area (Å²) < 4.78 is 1.92. The molecule has 1 unspecified atom stereocenters. The van der Waals surface area contributed by atoms with E-state index in [-0.39, 0.29) is 98.1 Å². The number of aryl methyl sites for hydroxylation is 5. The molecule has 0 saturated carbocycles. The van der Waals surface area contributed by atoms with Crippen LogP contribution in [0.15, 0.2) is 60.7 Å². The van der Waals surface area contributed by atoms with Crippen LogP contribution in [0.25, 0.3) is 0 Å². The molecule has 1 aliphatic rings. The van der Waals surface area contributed by atoms with Crippen LogP contribution in [-0.4, -0.2) is 17.7 Å². The van der Waals surface area contributed by atoms with Crippen LogP contribution in [0.5, 0.6) is 0 Å². The molecule has 2 nitrogen and oxygen atoms in total. The fourth-order valence-electron chi connectivity index (χ4n) is 4.33. The quantitative estimate of drug-likeness (QED) is 0.149. The number of benzene rings is 3. The number of hydrogen-bond donors (Lipinski definition) is 0. The third kappa shape index (κ3) is 13.3. The maximum Gasteiger partial charge on any atom is 0 e. The predicted molar refractivity (Wildman–Crippen MR) is 154 cm³/mol. The second kappa shape index (κ2) is 21.7. The van der Waals surface area contributed by atoms with Crippen molar-refractivity contribution in [3.05, 3.63) is 107 Å². The monoisotopic (exact) mass is 869 g/mol. The SMILES string of the molecule is Cc1cc(C)c(N2[CH-]N(c3c(C)cccc3C)CC2)c(C)c1.[CH2-]P.[Cl][Ru]([Cl])=[CH]c1ccccc1.[Y].[Y].[Y]. The van der Waals surface area contributed by atoms with Gasteiger partial charge in [0.05, 0.1) is 0 Å². The van der Waals surface area contributed by atoms with E-state index in [1.54, 1.807) is 0 Å². The van der Waals surface area contributed by atoms with Crippen molar-refractivity contribution < 1.29 is 112 Å². The molecule has 1 heterocycles. The van der Waals surface area contributed by atoms with Crippen molar-refractivity contribution in [2.45, 2.75) is 34.6 Å². The zero-order chi connectivity index (χ0) is 25.3. The summed E-state index contributed by atoms with van der Waals surface area (Å²) in [5.41, 5.74) is 10.6. The van der Waals surface area contributed by atoms with Gasteiger partial charge in [-0.1, -0.05) is 35.9 Å². The maximum atomic E-state index is 5.67. The van der Waals surface area contributed by atoms with E-state index in [1.165, 1.54) is 39.2 Å². The van der Waals surface area contributed by atoms with Crippen LogP contribution in [0.3, 0.4) is 0 Å². The largest absolute Gasteiger partial charge is 0 e. The Kier molecular flexibility index (Phi) is 24.2. The van der Waals surface area contributed by atoms with Gasteiger partial charge >= 0.3 is 73.4 Å². The van der Waals surface area contributed by atoms with Crippen molar-refractivity contribution in [2.75, 3.05) is 22.9 Å². The average molecular weight is 869 g/mol. The topological polar surface area (TPSA) is 6.48 Å². The molecule has 0 aliphatic carbocycles. The van der Waals surface area contributed by atoms with Gasteiger partial charge in [-0.25, -0.2) is 0 Å². The van der Waals surface area contributed by atoms with Crippen LogP contribution >= 0.6 is 28.6 Å². The Hall–Kier alpha value is 2.08. The van der Waals surface area contributed by atoms with E-state index in [4.69, 9.17) is 19.4 Å². The van der Waals surface area contributed by atoms with E-state index in [1.807, 2.05) is 34.9 Å². The minimum Gasteiger partial charge on any atom is 0 e. The Balaban J connectivity index is 0. The van der Waals surface area contributed by atoms with Gasteiger partial charge in [-0.15, -0.1) is 0 Å². The van der Waals surface area contributed by atoms with E-state index in [2.05, 4.69) is 97.3 Å². The molecule has 9 heteroatoms. The smallest absolute Gasteiger partial charge is 0 e. The average Bonchev–Trinajstić information content (AvgIpc) is 3.24. The van der Waals surface area contributed by atoms with E-state index in [9.17, 15) is 0 Å². The van der Waals surface area contributed by atoms with Gasteiger partial charge in [0, 0.05) is 123 Å². The molecule has 3 radical (unpaired) electrons. The first kappa shape index (κ1) is 41.2. The van der Waals surface area contributed by atoms with E-state index < -0.39 is 13.5 Å². The second-order valence-corrected chi connectivity index (χ2v) is 13.9. The molecule has 0 N–H and O–H groups in total. The number of anilines is 2. The molecule has 3 aromatic rings. The second-order valence-electron chi connectivity index (χ2n) is 8.21. The number of halogens is 2. The maximum absolute atomic E-state index is 5.67. The molecular weight excluding hydrogens is 834 g/mol. The van der Waals surface area contributed by atoms with Gasteiger partial charge in [0.2, 0.25) is 0 Å². The van der Waals surface area contributed by atoms with Crippen molar-refractivity contribution in [2.24, 2.45) is 0 Å². The number of nitrogens with zero attached hydrogens (tertiary/aromatic N) is 2. The molecule has 4 rings (SSSR count). The standard InChI is InChI=1S/C20H25N2.C7H6.CH4P.2ClH.Ru.3Y/c1-14-11-17(4)20(18(5)12-14)22-10-9-21(13-22)19-15(2)7-6-8-16(19)3;1-7-5-3-2-4-6-7;1-2;;;;;;/h6-8,11-13H,9-10H2,1-5H3;1-6H;1-2H2;2*1H;;;;/q-1;;-1;;;+2;;;/p-2. The number of rotatable bonds is 3. The number of para-hydroxylation sites is 1. The Morgan fingerprint density at radius 2 is 1.16 bits per heavy atom. The Morgan fingerprint density at radius 3 is 1.59 bits per heavy atom. The fraction of sp³-hybridized carbons (Fsp3) is 0.250. The zero-order valence-corrected chi connectivity index (χ0v) is 35.3. The van der Waals surface area contributed by atoms with E-state index in [0.717, 1.165) is 18.7 Å². The fourth-order valence-corrected chi connectivity index (χ4v) is 6.16. The third-order valence-electron chi connectivity index (χ3n) is 5.50. The van der Waals surface area contributed by atoms with Crippen LogP contribution in [0.4, 0.5) is 11.4 Å². The summed E-state index contributed by atoms with van der Waals surface area (Å²) in [6.45, 7) is 18.5. The Morgan fingerprint density at radius 1 is 0.730 bits per heavy atom. The minimum absolute atomic E-state index is 0. The normalized spacial score (nSPS) is 11.9. The van der Waals surface area contributed by atoms with Gasteiger partial charge in [-0.3, -0.25) is 0 Å². The van der Waals surface area contributed by atoms with E-state index >= 15 is 0 Å². The van der Waals surface area contributed by atoms with Crippen molar-refractivity contribution in [1.29, 1.82) is 0 Å². The van der Waals surface area contributed by atoms with Crippen LogP contribution in [0, 0.1) is 48.0 Å². The van der Waals surface area contributed by atoms with Crippen LogP contribution in [0.2, 0.25) is 0 Å². The molecule has 37 heavy (non-hydrogen) atoms. The Bertz CT molecular complexity index is 1070. The molecule has 195 valence electrons. The summed E-state index contributed by atoms with van der Waals surface area (Å²) in [5, 5.41) is 0. The van der Waals surface area contributed by atoms with Crippen molar-refractivity contribution in [3.8, 4) is 0 Å². The first-order chi connectivity index (χ1) is 16.3. The van der Waals surface area contributed by atoms with Crippen LogP contribution in [0.1, 0.15) is 33.4 Å². The first-order valence-electron chi connectivity index (χ1n) is 11.1. The molecule has 3 aromatic carbocycles. The molecule has 0 spiro atoms. The summed E-state index contributed by atoms with van der Waals surface area (Å²) in [5.74, 6) is 0. The summed E-state index contributed by atoms with van der Waals surface area (Å²) in [4.78, 5) is 4.79. The van der Waals surface area contributed by atoms with Crippen molar-refractivity contribution in [3.63, 3.8) is 0 Å². The molecule has 0 amide bonds. The van der Waals surface area contributed by atoms with Crippen molar-refractivity contribution in [1.82, 2.24) is 0 Å². The van der Waals surface area contributed by atoms with Gasteiger partial charge < -0.3 is 25.7 Å². The van der Waals surface area contributed by atoms with Crippen LogP contribution < -0.4 is 9.80 Å². The molecule has 0 bridgehead atoms. The predicted octanol–water partition coefficient (Wildman–Crippen LogP) is 8.08. The summed E-state index contributed by atoms with van der Waals surface area (Å²) in [6.07, 6.45) is 0. The van der Waals surface area contributed by atoms with Gasteiger partial charge in [0.25, 0.3) is 0 Å². The number of hydrogen-bond acceptors (Lipinski definition) is 2. The molecule has 0 aromatic heterocycles. The molecule has 1 atom stereocenters. The van der Waals surface area contributed by atoms with Crippen molar-refractivity contribution >= 4 is 44.6 Å². The molecule has 1 saturated heterocycles. The molecular formula is C28H35Cl2N2PRuY3-2. The van der Waals surface area contributed by atoms with Crippen LogP contribution in [-0.2, 0) is 112 Å². The molecule has 1 fully saturated rings. The van der Waals surface area contributed by atoms with Gasteiger partial charge in [0.1, 0.15) is 0 Å². The first-order valence-corrected chi connectivity index (χ1v) is 17.4. The third-order valence-corrected chi connectivity index (χ3v) is 7.38. The van der Waals surface area contributed by atoms with Gasteiger partial charge in [-0.2, -0.15) is 6.67 Å². The summed E-state index contributed by atoms with van der Waals surface area (Å²) in [6, 6.07) is 21.0. The minimum atomic E-state index is -1.61. The zero-order valence-electron chi connectivity index (χ0n) is 22.4. The van der Waals surface area contributed by atoms with E-state index in [0.29, 0.717) is 0 Å². The Labute approximate surface area is 316 Å².